The highest BCUT2D eigenvalue weighted by atomic mass is 15.1. The van der Waals surface area contributed by atoms with Crippen molar-refractivity contribution in [3.63, 3.8) is 0 Å². The van der Waals surface area contributed by atoms with Crippen molar-refractivity contribution in [3.8, 4) is 17.3 Å². The highest BCUT2D eigenvalue weighted by molar-refractivity contribution is 5.63. The number of hydrogen-bond acceptors (Lipinski definition) is 3. The summed E-state index contributed by atoms with van der Waals surface area (Å²) in [4.78, 5) is 2.36. The van der Waals surface area contributed by atoms with Crippen molar-refractivity contribution in [3.05, 3.63) is 41.6 Å². The SMILES string of the molecule is CN(CCCC1CC1)Cc1cn[nH]c1-c1ccc(C#N)cc1. The van der Waals surface area contributed by atoms with E-state index in [0.717, 1.165) is 30.3 Å². The number of benzene rings is 1. The molecule has 0 atom stereocenters. The molecule has 0 aliphatic heterocycles. The molecule has 1 fully saturated rings. The fraction of sp³-hybridized carbons (Fsp3) is 0.444. The van der Waals surface area contributed by atoms with Gasteiger partial charge in [0.15, 0.2) is 0 Å². The fourth-order valence-corrected chi connectivity index (χ4v) is 2.82. The zero-order chi connectivity index (χ0) is 15.4. The van der Waals surface area contributed by atoms with E-state index in [1.54, 1.807) is 0 Å². The van der Waals surface area contributed by atoms with Crippen LogP contribution < -0.4 is 0 Å². The predicted molar refractivity (Wildman–Crippen MR) is 87.0 cm³/mol. The molecule has 1 N–H and O–H groups in total. The smallest absolute Gasteiger partial charge is 0.0991 e. The van der Waals surface area contributed by atoms with Crippen molar-refractivity contribution in [1.29, 1.82) is 5.26 Å². The predicted octanol–water partition coefficient (Wildman–Crippen LogP) is 3.57. The van der Waals surface area contributed by atoms with Crippen molar-refractivity contribution in [2.75, 3.05) is 13.6 Å². The maximum atomic E-state index is 8.88. The van der Waals surface area contributed by atoms with Gasteiger partial charge in [0, 0.05) is 12.1 Å². The largest absolute Gasteiger partial charge is 0.302 e. The van der Waals surface area contributed by atoms with Crippen LogP contribution in [-0.2, 0) is 6.54 Å². The molecule has 0 radical (unpaired) electrons. The lowest BCUT2D eigenvalue weighted by Gasteiger charge is -2.16. The maximum absolute atomic E-state index is 8.88. The third-order valence-corrected chi connectivity index (χ3v) is 4.31. The van der Waals surface area contributed by atoms with Crippen LogP contribution in [0.15, 0.2) is 30.5 Å². The summed E-state index contributed by atoms with van der Waals surface area (Å²) in [6.07, 6.45) is 7.44. The van der Waals surface area contributed by atoms with Crippen LogP contribution in [0.25, 0.3) is 11.3 Å². The Hall–Kier alpha value is -2.12. The molecule has 2 aromatic rings. The molecule has 1 aliphatic rings. The van der Waals surface area contributed by atoms with Gasteiger partial charge in [-0.3, -0.25) is 5.10 Å². The fourth-order valence-electron chi connectivity index (χ4n) is 2.82. The van der Waals surface area contributed by atoms with Gasteiger partial charge in [0.2, 0.25) is 0 Å². The summed E-state index contributed by atoms with van der Waals surface area (Å²) in [5.74, 6) is 1.01. The lowest BCUT2D eigenvalue weighted by molar-refractivity contribution is 0.316. The third kappa shape index (κ3) is 3.75. The molecule has 0 spiro atoms. The molecular weight excluding hydrogens is 272 g/mol. The van der Waals surface area contributed by atoms with Gasteiger partial charge in [-0.05, 0) is 50.0 Å². The summed E-state index contributed by atoms with van der Waals surface area (Å²) >= 11 is 0. The number of nitrogens with one attached hydrogen (secondary N) is 1. The van der Waals surface area contributed by atoms with Crippen LogP contribution in [0.4, 0.5) is 0 Å². The van der Waals surface area contributed by atoms with Gasteiger partial charge in [-0.15, -0.1) is 0 Å². The van der Waals surface area contributed by atoms with Crippen molar-refractivity contribution in [1.82, 2.24) is 15.1 Å². The van der Waals surface area contributed by atoms with E-state index in [1.165, 1.54) is 31.2 Å². The van der Waals surface area contributed by atoms with Gasteiger partial charge in [-0.25, -0.2) is 0 Å². The van der Waals surface area contributed by atoms with E-state index < -0.39 is 0 Å². The molecule has 3 rings (SSSR count). The molecule has 114 valence electrons. The molecule has 0 bridgehead atoms. The number of hydrogen-bond donors (Lipinski definition) is 1. The lowest BCUT2D eigenvalue weighted by atomic mass is 10.1. The second kappa shape index (κ2) is 6.76. The van der Waals surface area contributed by atoms with Crippen LogP contribution in [0.2, 0.25) is 0 Å². The minimum absolute atomic E-state index is 0.682. The molecule has 1 aromatic carbocycles. The Labute approximate surface area is 131 Å². The Balaban J connectivity index is 1.61. The minimum Gasteiger partial charge on any atom is -0.302 e. The van der Waals surface area contributed by atoms with E-state index in [-0.39, 0.29) is 0 Å². The van der Waals surface area contributed by atoms with Gasteiger partial charge in [-0.2, -0.15) is 10.4 Å². The van der Waals surface area contributed by atoms with E-state index in [0.29, 0.717) is 5.56 Å². The molecule has 1 aliphatic carbocycles. The second-order valence-corrected chi connectivity index (χ2v) is 6.28. The zero-order valence-electron chi connectivity index (χ0n) is 13.0. The topological polar surface area (TPSA) is 55.7 Å². The van der Waals surface area contributed by atoms with E-state index in [9.17, 15) is 0 Å². The normalized spacial score (nSPS) is 14.2. The Morgan fingerprint density at radius 1 is 1.32 bits per heavy atom. The lowest BCUT2D eigenvalue weighted by Crippen LogP contribution is -2.19. The molecule has 22 heavy (non-hydrogen) atoms. The van der Waals surface area contributed by atoms with Gasteiger partial charge in [0.25, 0.3) is 0 Å². The van der Waals surface area contributed by atoms with Gasteiger partial charge in [0.05, 0.1) is 23.5 Å². The molecule has 4 nitrogen and oxygen atoms in total. The van der Waals surface area contributed by atoms with Crippen LogP contribution in [0.3, 0.4) is 0 Å². The Bertz CT molecular complexity index is 646. The molecule has 1 aromatic heterocycles. The van der Waals surface area contributed by atoms with Crippen molar-refractivity contribution < 1.29 is 0 Å². The summed E-state index contributed by atoms with van der Waals surface area (Å²) in [6.45, 7) is 2.03. The van der Waals surface area contributed by atoms with E-state index in [4.69, 9.17) is 5.26 Å². The number of H-pyrrole nitrogens is 1. The first kappa shape index (κ1) is 14.8. The van der Waals surface area contributed by atoms with Gasteiger partial charge >= 0.3 is 0 Å². The van der Waals surface area contributed by atoms with Crippen LogP contribution in [0.1, 0.15) is 36.8 Å². The molecule has 0 unspecified atom stereocenters. The average molecular weight is 294 g/mol. The Kier molecular flexibility index (Phi) is 4.55. The zero-order valence-corrected chi connectivity index (χ0v) is 13.0. The number of nitriles is 1. The van der Waals surface area contributed by atoms with Crippen LogP contribution in [0.5, 0.6) is 0 Å². The summed E-state index contributed by atoms with van der Waals surface area (Å²) in [6, 6.07) is 9.79. The number of nitrogens with zero attached hydrogens (tertiary/aromatic N) is 3. The minimum atomic E-state index is 0.682. The van der Waals surface area contributed by atoms with Crippen molar-refractivity contribution in [2.24, 2.45) is 5.92 Å². The van der Waals surface area contributed by atoms with Gasteiger partial charge in [0.1, 0.15) is 0 Å². The third-order valence-electron chi connectivity index (χ3n) is 4.31. The summed E-state index contributed by atoms with van der Waals surface area (Å²) in [5.41, 5.74) is 4.03. The number of aromatic nitrogens is 2. The first-order chi connectivity index (χ1) is 10.8. The monoisotopic (exact) mass is 294 g/mol. The first-order valence-corrected chi connectivity index (χ1v) is 7.97. The Morgan fingerprint density at radius 3 is 2.77 bits per heavy atom. The average Bonchev–Trinajstić information content (AvgIpc) is 3.25. The maximum Gasteiger partial charge on any atom is 0.0991 e. The molecule has 4 heteroatoms. The van der Waals surface area contributed by atoms with E-state index in [1.807, 2.05) is 30.5 Å². The highest BCUT2D eigenvalue weighted by Gasteiger charge is 2.20. The van der Waals surface area contributed by atoms with Gasteiger partial charge < -0.3 is 4.90 Å². The first-order valence-electron chi connectivity index (χ1n) is 7.97. The summed E-state index contributed by atoms with van der Waals surface area (Å²) < 4.78 is 0. The highest BCUT2D eigenvalue weighted by Crippen LogP contribution is 2.33. The quantitative estimate of drug-likeness (QED) is 0.849. The molecule has 0 amide bonds. The molecular formula is C18H22N4. The van der Waals surface area contributed by atoms with E-state index in [2.05, 4.69) is 28.2 Å². The summed E-state index contributed by atoms with van der Waals surface area (Å²) in [5, 5.41) is 16.2. The van der Waals surface area contributed by atoms with Crippen molar-refractivity contribution >= 4 is 0 Å². The number of aromatic amines is 1. The summed E-state index contributed by atoms with van der Waals surface area (Å²) in [7, 11) is 2.17. The second-order valence-electron chi connectivity index (χ2n) is 6.28. The van der Waals surface area contributed by atoms with Crippen LogP contribution >= 0.6 is 0 Å². The molecule has 0 saturated heterocycles. The Morgan fingerprint density at radius 2 is 2.09 bits per heavy atom. The molecule has 1 saturated carbocycles. The van der Waals surface area contributed by atoms with Crippen LogP contribution in [0, 0.1) is 17.2 Å². The standard InChI is InChI=1S/C18H22N4/c1-22(10-2-3-14-4-5-14)13-17-12-20-21-18(17)16-8-6-15(11-19)7-9-16/h6-9,12,14H,2-5,10,13H2,1H3,(H,20,21). The van der Waals surface area contributed by atoms with Gasteiger partial charge in [-0.1, -0.05) is 25.0 Å². The molecule has 1 heterocycles. The van der Waals surface area contributed by atoms with E-state index >= 15 is 0 Å². The van der Waals surface area contributed by atoms with Crippen molar-refractivity contribution in [2.45, 2.75) is 32.2 Å². The van der Waals surface area contributed by atoms with Crippen LogP contribution in [-0.4, -0.2) is 28.7 Å². The number of rotatable bonds is 7.